The van der Waals surface area contributed by atoms with Gasteiger partial charge in [0.2, 0.25) is 0 Å². The number of carbonyl (C=O) groups excluding carboxylic acids is 1. The second kappa shape index (κ2) is 6.10. The van der Waals surface area contributed by atoms with E-state index in [0.29, 0.717) is 12.2 Å². The molecule has 1 heterocycles. The topological polar surface area (TPSA) is 38.8 Å². The van der Waals surface area contributed by atoms with Gasteiger partial charge >= 0.3 is 5.97 Å². The van der Waals surface area contributed by atoms with Crippen molar-refractivity contribution < 1.29 is 14.4 Å². The minimum Gasteiger partial charge on any atom is -0.459 e. The predicted molar refractivity (Wildman–Crippen MR) is 80.1 cm³/mol. The Labute approximate surface area is 122 Å². The molecule has 0 spiro atoms. The number of piperidine rings is 1. The fraction of sp³-hybridized carbons (Fsp3) is 0.688. The molecule has 0 amide bonds. The molecule has 0 unspecified atom stereocenters. The highest BCUT2D eigenvalue weighted by Gasteiger charge is 2.47. The van der Waals surface area contributed by atoms with Crippen LogP contribution < -0.4 is 0 Å². The van der Waals surface area contributed by atoms with E-state index in [1.807, 2.05) is 5.06 Å². The van der Waals surface area contributed by atoms with E-state index in [0.717, 1.165) is 12.8 Å². The molecule has 4 heteroatoms. The van der Waals surface area contributed by atoms with Crippen molar-refractivity contribution in [1.29, 1.82) is 0 Å². The maximum Gasteiger partial charge on any atom is 0.333 e. The zero-order valence-corrected chi connectivity index (χ0v) is 13.4. The smallest absolute Gasteiger partial charge is 0.333 e. The summed E-state index contributed by atoms with van der Waals surface area (Å²) < 4.78 is 5.54. The summed E-state index contributed by atoms with van der Waals surface area (Å²) in [4.78, 5) is 17.5. The number of hydrogen-bond acceptors (Lipinski definition) is 4. The highest BCUT2D eigenvalue weighted by molar-refractivity contribution is 5.87. The fourth-order valence-corrected chi connectivity index (χ4v) is 2.98. The van der Waals surface area contributed by atoms with Gasteiger partial charge in [0.25, 0.3) is 0 Å². The minimum absolute atomic E-state index is 0.118. The van der Waals surface area contributed by atoms with Crippen LogP contribution in [0.3, 0.4) is 0 Å². The van der Waals surface area contributed by atoms with E-state index in [9.17, 15) is 4.79 Å². The quantitative estimate of drug-likeness (QED) is 0.440. The van der Waals surface area contributed by atoms with Gasteiger partial charge in [-0.1, -0.05) is 12.7 Å². The maximum absolute atomic E-state index is 11.7. The van der Waals surface area contributed by atoms with E-state index < -0.39 is 0 Å². The van der Waals surface area contributed by atoms with Crippen LogP contribution in [0.5, 0.6) is 0 Å². The van der Waals surface area contributed by atoms with Gasteiger partial charge in [-0.15, -0.1) is 6.58 Å². The van der Waals surface area contributed by atoms with E-state index in [2.05, 4.69) is 40.9 Å². The number of nitrogens with zero attached hydrogens (tertiary/aromatic N) is 1. The molecule has 20 heavy (non-hydrogen) atoms. The largest absolute Gasteiger partial charge is 0.459 e. The third-order valence-corrected chi connectivity index (χ3v) is 3.50. The SMILES string of the molecule is C=CCON1C(C)(C)CC(OC(=O)C(=C)C)CC1(C)C. The maximum atomic E-state index is 11.7. The van der Waals surface area contributed by atoms with Crippen LogP contribution >= 0.6 is 0 Å². The molecular weight excluding hydrogens is 254 g/mol. The molecular formula is C16H27NO3. The summed E-state index contributed by atoms with van der Waals surface area (Å²) >= 11 is 0. The molecule has 0 N–H and O–H groups in total. The molecule has 0 aromatic rings. The van der Waals surface area contributed by atoms with Crippen LogP contribution in [0.15, 0.2) is 24.8 Å². The van der Waals surface area contributed by atoms with E-state index in [1.54, 1.807) is 13.0 Å². The predicted octanol–water partition coefficient (Wildman–Crippen LogP) is 3.24. The van der Waals surface area contributed by atoms with Crippen LogP contribution in [-0.2, 0) is 14.4 Å². The summed E-state index contributed by atoms with van der Waals surface area (Å²) in [5.74, 6) is -0.318. The molecule has 0 aliphatic carbocycles. The number of hydroxylamine groups is 2. The van der Waals surface area contributed by atoms with Gasteiger partial charge in [0, 0.05) is 29.5 Å². The van der Waals surface area contributed by atoms with E-state index in [1.165, 1.54) is 0 Å². The summed E-state index contributed by atoms with van der Waals surface area (Å²) in [6.07, 6.45) is 3.08. The van der Waals surface area contributed by atoms with Crippen LogP contribution in [-0.4, -0.2) is 34.8 Å². The molecule has 0 saturated carbocycles. The Morgan fingerprint density at radius 1 is 1.30 bits per heavy atom. The van der Waals surface area contributed by atoms with Gasteiger partial charge in [-0.25, -0.2) is 4.79 Å². The van der Waals surface area contributed by atoms with Crippen molar-refractivity contribution in [3.63, 3.8) is 0 Å². The van der Waals surface area contributed by atoms with E-state index >= 15 is 0 Å². The molecule has 1 rings (SSSR count). The van der Waals surface area contributed by atoms with Gasteiger partial charge in [-0.2, -0.15) is 5.06 Å². The lowest BCUT2D eigenvalue weighted by atomic mass is 9.80. The zero-order valence-electron chi connectivity index (χ0n) is 13.4. The Bertz CT molecular complexity index is 381. The summed E-state index contributed by atoms with van der Waals surface area (Å²) in [5, 5.41) is 2.01. The first kappa shape index (κ1) is 16.9. The Morgan fingerprint density at radius 2 is 1.80 bits per heavy atom. The molecule has 1 aliphatic rings. The normalized spacial score (nSPS) is 22.2. The zero-order chi connectivity index (χ0) is 15.6. The monoisotopic (exact) mass is 281 g/mol. The van der Waals surface area contributed by atoms with Crippen molar-refractivity contribution in [2.75, 3.05) is 6.61 Å². The van der Waals surface area contributed by atoms with Gasteiger partial charge in [-0.05, 0) is 34.6 Å². The minimum atomic E-state index is -0.318. The second-order valence-electron chi connectivity index (χ2n) is 6.72. The lowest BCUT2D eigenvalue weighted by Gasteiger charge is -2.53. The van der Waals surface area contributed by atoms with Gasteiger partial charge in [-0.3, -0.25) is 4.84 Å². The Kier molecular flexibility index (Phi) is 5.16. The molecule has 1 fully saturated rings. The first-order valence-electron chi connectivity index (χ1n) is 7.01. The van der Waals surface area contributed by atoms with Crippen LogP contribution in [0, 0.1) is 0 Å². The Balaban J connectivity index is 2.83. The molecule has 114 valence electrons. The van der Waals surface area contributed by atoms with Crippen molar-refractivity contribution in [3.05, 3.63) is 24.8 Å². The Hall–Kier alpha value is -1.13. The summed E-state index contributed by atoms with van der Waals surface area (Å²) in [7, 11) is 0. The van der Waals surface area contributed by atoms with Crippen LogP contribution in [0.4, 0.5) is 0 Å². The molecule has 0 radical (unpaired) electrons. The molecule has 1 saturated heterocycles. The summed E-state index contributed by atoms with van der Waals surface area (Å²) in [5.41, 5.74) is 0.00111. The first-order chi connectivity index (χ1) is 9.10. The lowest BCUT2D eigenvalue weighted by molar-refractivity contribution is -0.287. The molecule has 4 nitrogen and oxygen atoms in total. The first-order valence-corrected chi connectivity index (χ1v) is 7.01. The van der Waals surface area contributed by atoms with Crippen LogP contribution in [0.2, 0.25) is 0 Å². The molecule has 0 aromatic heterocycles. The van der Waals surface area contributed by atoms with Crippen molar-refractivity contribution in [1.82, 2.24) is 5.06 Å². The number of esters is 1. The molecule has 0 atom stereocenters. The standard InChI is InChI=1S/C16H27NO3/c1-8-9-19-17-15(4,5)10-13(11-16(17,6)7)20-14(18)12(2)3/h8,13H,1-2,9-11H2,3-7H3. The third kappa shape index (κ3) is 3.93. The van der Waals surface area contributed by atoms with Crippen LogP contribution in [0.1, 0.15) is 47.5 Å². The average Bonchev–Trinajstić information content (AvgIpc) is 2.25. The van der Waals surface area contributed by atoms with Crippen molar-refractivity contribution >= 4 is 5.97 Å². The lowest BCUT2D eigenvalue weighted by Crippen LogP contribution is -2.62. The summed E-state index contributed by atoms with van der Waals surface area (Å²) in [6, 6.07) is 0. The van der Waals surface area contributed by atoms with Crippen molar-refractivity contribution in [3.8, 4) is 0 Å². The number of rotatable bonds is 5. The van der Waals surface area contributed by atoms with E-state index in [-0.39, 0.29) is 23.2 Å². The number of carbonyl (C=O) groups is 1. The van der Waals surface area contributed by atoms with Gasteiger partial charge in [0.05, 0.1) is 6.61 Å². The van der Waals surface area contributed by atoms with Gasteiger partial charge < -0.3 is 4.74 Å². The fourth-order valence-electron chi connectivity index (χ4n) is 2.98. The van der Waals surface area contributed by atoms with E-state index in [4.69, 9.17) is 9.57 Å². The van der Waals surface area contributed by atoms with Crippen LogP contribution in [0.25, 0.3) is 0 Å². The molecule has 1 aliphatic heterocycles. The second-order valence-corrected chi connectivity index (χ2v) is 6.72. The Morgan fingerprint density at radius 3 is 2.20 bits per heavy atom. The van der Waals surface area contributed by atoms with Gasteiger partial charge in [0.1, 0.15) is 6.10 Å². The van der Waals surface area contributed by atoms with Crippen molar-refractivity contribution in [2.45, 2.75) is 64.6 Å². The number of ether oxygens (including phenoxy) is 1. The molecule has 0 bridgehead atoms. The number of hydrogen-bond donors (Lipinski definition) is 0. The average molecular weight is 281 g/mol. The van der Waals surface area contributed by atoms with Gasteiger partial charge in [0.15, 0.2) is 0 Å². The highest BCUT2D eigenvalue weighted by atomic mass is 16.7. The van der Waals surface area contributed by atoms with Crippen molar-refractivity contribution in [2.24, 2.45) is 0 Å². The highest BCUT2D eigenvalue weighted by Crippen LogP contribution is 2.39. The summed E-state index contributed by atoms with van der Waals surface area (Å²) in [6.45, 7) is 17.8. The molecule has 0 aromatic carbocycles. The third-order valence-electron chi connectivity index (χ3n) is 3.50.